The maximum Gasteiger partial charge on any atom is 0.204 e. The summed E-state index contributed by atoms with van der Waals surface area (Å²) in [7, 11) is 0. The first-order valence-corrected chi connectivity index (χ1v) is 14.0. The van der Waals surface area contributed by atoms with E-state index in [2.05, 4.69) is 88.4 Å². The molecule has 5 nitrogen and oxygen atoms in total. The summed E-state index contributed by atoms with van der Waals surface area (Å²) in [5.74, 6) is 2.61. The Hall–Kier alpha value is -2.95. The Bertz CT molecular complexity index is 1140. The molecule has 1 heterocycles. The third kappa shape index (κ3) is 5.55. The molecule has 0 aliphatic heterocycles. The Morgan fingerprint density at radius 3 is 2.50 bits per heavy atom. The highest BCUT2D eigenvalue weighted by Gasteiger charge is 2.28. The molecule has 0 bridgehead atoms. The molecule has 190 valence electrons. The van der Waals surface area contributed by atoms with E-state index in [0.29, 0.717) is 23.6 Å². The van der Waals surface area contributed by atoms with Crippen molar-refractivity contribution in [3.63, 3.8) is 0 Å². The second kappa shape index (κ2) is 11.4. The lowest BCUT2D eigenvalue weighted by Crippen LogP contribution is -2.33. The molecule has 2 aromatic carbocycles. The highest BCUT2D eigenvalue weighted by Crippen LogP contribution is 2.40. The third-order valence-corrected chi connectivity index (χ3v) is 8.69. The average molecular weight is 484 g/mol. The van der Waals surface area contributed by atoms with Crippen LogP contribution in [-0.2, 0) is 6.42 Å². The highest BCUT2D eigenvalue weighted by atomic mass is 15.5. The maximum atomic E-state index is 4.68. The second-order valence-electron chi connectivity index (χ2n) is 11.0. The zero-order chi connectivity index (χ0) is 24.9. The van der Waals surface area contributed by atoms with Crippen LogP contribution in [0.2, 0.25) is 0 Å². The molecule has 0 spiro atoms. The van der Waals surface area contributed by atoms with Crippen molar-refractivity contribution in [2.75, 3.05) is 11.4 Å². The molecule has 2 fully saturated rings. The van der Waals surface area contributed by atoms with Crippen molar-refractivity contribution < 1.29 is 0 Å². The van der Waals surface area contributed by atoms with Gasteiger partial charge < -0.3 is 4.90 Å². The van der Waals surface area contributed by atoms with Gasteiger partial charge in [0.15, 0.2) is 0 Å². The number of benzene rings is 2. The summed E-state index contributed by atoms with van der Waals surface area (Å²) < 4.78 is 0. The zero-order valence-electron chi connectivity index (χ0n) is 22.0. The number of hydrogen-bond acceptors (Lipinski definition) is 4. The van der Waals surface area contributed by atoms with Gasteiger partial charge in [0.05, 0.1) is 0 Å². The molecular weight excluding hydrogens is 442 g/mol. The number of aromatic nitrogens is 4. The molecule has 5 rings (SSSR count). The average Bonchev–Trinajstić information content (AvgIpc) is 3.48. The number of tetrazole rings is 1. The van der Waals surface area contributed by atoms with E-state index in [-0.39, 0.29) is 0 Å². The van der Waals surface area contributed by atoms with Crippen LogP contribution >= 0.6 is 0 Å². The van der Waals surface area contributed by atoms with Crippen LogP contribution < -0.4 is 4.90 Å². The van der Waals surface area contributed by atoms with Gasteiger partial charge in [-0.2, -0.15) is 5.21 Å². The molecular formula is C31H41N5. The van der Waals surface area contributed by atoms with Gasteiger partial charge in [-0.3, -0.25) is 0 Å². The third-order valence-electron chi connectivity index (χ3n) is 8.69. The SMILES string of the molecule is C=C(C1CCCCC1)N(CC1CCC(c2ccc(CC)c(C)c2)CC1)c1cccc(-c2nn[nH]n2)c1. The Labute approximate surface area is 216 Å². The monoisotopic (exact) mass is 483 g/mol. The van der Waals surface area contributed by atoms with E-state index in [1.165, 1.54) is 80.3 Å². The van der Waals surface area contributed by atoms with Crippen LogP contribution in [0.5, 0.6) is 0 Å². The lowest BCUT2D eigenvalue weighted by Gasteiger charge is -2.38. The molecule has 2 aliphatic rings. The normalized spacial score (nSPS) is 20.8. The molecule has 1 aromatic heterocycles. The van der Waals surface area contributed by atoms with Gasteiger partial charge in [0.25, 0.3) is 0 Å². The predicted molar refractivity (Wildman–Crippen MR) is 148 cm³/mol. The van der Waals surface area contributed by atoms with Gasteiger partial charge in [0.1, 0.15) is 0 Å². The number of hydrogen-bond donors (Lipinski definition) is 1. The van der Waals surface area contributed by atoms with Crippen molar-refractivity contribution in [2.45, 2.75) is 84.0 Å². The molecule has 3 aromatic rings. The van der Waals surface area contributed by atoms with Gasteiger partial charge in [-0.15, -0.1) is 10.2 Å². The number of nitrogens with one attached hydrogen (secondary N) is 1. The Morgan fingerprint density at radius 2 is 1.81 bits per heavy atom. The summed E-state index contributed by atoms with van der Waals surface area (Å²) in [6, 6.07) is 15.8. The number of aryl methyl sites for hydroxylation is 2. The maximum absolute atomic E-state index is 4.68. The van der Waals surface area contributed by atoms with Crippen LogP contribution in [0, 0.1) is 18.8 Å². The number of allylic oxidation sites excluding steroid dienone is 1. The standard InChI is InChI=1S/C31H41N5/c1-4-25-17-18-28(19-22(25)2)27-15-13-24(14-16-27)21-36(23(3)26-9-6-5-7-10-26)30-12-8-11-29(20-30)31-32-34-35-33-31/h8,11-12,17-20,24,26-27H,3-7,9-10,13-16,21H2,1-2H3,(H,32,33,34,35). The zero-order valence-corrected chi connectivity index (χ0v) is 22.0. The summed E-state index contributed by atoms with van der Waals surface area (Å²) >= 11 is 0. The van der Waals surface area contributed by atoms with E-state index >= 15 is 0 Å². The van der Waals surface area contributed by atoms with Crippen LogP contribution in [0.25, 0.3) is 11.4 Å². The summed E-state index contributed by atoms with van der Waals surface area (Å²) in [6.07, 6.45) is 12.8. The molecule has 5 heteroatoms. The van der Waals surface area contributed by atoms with Gasteiger partial charge in [-0.1, -0.05) is 63.1 Å². The van der Waals surface area contributed by atoms with E-state index in [9.17, 15) is 0 Å². The van der Waals surface area contributed by atoms with Crippen molar-refractivity contribution >= 4 is 5.69 Å². The lowest BCUT2D eigenvalue weighted by atomic mass is 9.77. The van der Waals surface area contributed by atoms with Crippen LogP contribution in [0.1, 0.15) is 87.3 Å². The lowest BCUT2D eigenvalue weighted by molar-refractivity contribution is 0.323. The molecule has 1 N–H and O–H groups in total. The van der Waals surface area contributed by atoms with Gasteiger partial charge in [-0.25, -0.2) is 0 Å². The van der Waals surface area contributed by atoms with E-state index in [0.717, 1.165) is 18.5 Å². The fourth-order valence-electron chi connectivity index (χ4n) is 6.45. The summed E-state index contributed by atoms with van der Waals surface area (Å²) in [5, 5.41) is 14.7. The molecule has 2 saturated carbocycles. The quantitative estimate of drug-likeness (QED) is 0.358. The number of nitrogens with zero attached hydrogens (tertiary/aromatic N) is 4. The van der Waals surface area contributed by atoms with Crippen LogP contribution in [0.4, 0.5) is 5.69 Å². The minimum absolute atomic E-state index is 0.587. The number of H-pyrrole nitrogens is 1. The molecule has 0 atom stereocenters. The van der Waals surface area contributed by atoms with Crippen molar-refractivity contribution in [1.82, 2.24) is 20.6 Å². The van der Waals surface area contributed by atoms with Gasteiger partial charge in [0, 0.05) is 23.5 Å². The number of anilines is 1. The summed E-state index contributed by atoms with van der Waals surface area (Å²) in [6.45, 7) is 10.2. The van der Waals surface area contributed by atoms with E-state index in [4.69, 9.17) is 0 Å². The van der Waals surface area contributed by atoms with Crippen molar-refractivity contribution in [3.05, 3.63) is 71.4 Å². The fraction of sp³-hybridized carbons (Fsp3) is 0.516. The predicted octanol–water partition coefficient (Wildman–Crippen LogP) is 7.61. The van der Waals surface area contributed by atoms with E-state index in [1.54, 1.807) is 5.56 Å². The summed E-state index contributed by atoms with van der Waals surface area (Å²) in [4.78, 5) is 2.53. The largest absolute Gasteiger partial charge is 0.345 e. The number of aromatic amines is 1. The molecule has 0 unspecified atom stereocenters. The molecule has 2 aliphatic carbocycles. The number of rotatable bonds is 8. The Morgan fingerprint density at radius 1 is 1.00 bits per heavy atom. The minimum atomic E-state index is 0.587. The minimum Gasteiger partial charge on any atom is -0.345 e. The first-order chi connectivity index (χ1) is 17.6. The van der Waals surface area contributed by atoms with Crippen LogP contribution in [-0.4, -0.2) is 27.2 Å². The molecule has 36 heavy (non-hydrogen) atoms. The van der Waals surface area contributed by atoms with Crippen LogP contribution in [0.3, 0.4) is 0 Å². The molecule has 0 amide bonds. The Balaban J connectivity index is 1.31. The molecule has 0 radical (unpaired) electrons. The van der Waals surface area contributed by atoms with Gasteiger partial charge >= 0.3 is 0 Å². The van der Waals surface area contributed by atoms with Crippen molar-refractivity contribution in [2.24, 2.45) is 11.8 Å². The first-order valence-electron chi connectivity index (χ1n) is 14.0. The smallest absolute Gasteiger partial charge is 0.204 e. The fourth-order valence-corrected chi connectivity index (χ4v) is 6.45. The van der Waals surface area contributed by atoms with Crippen molar-refractivity contribution in [3.8, 4) is 11.4 Å². The van der Waals surface area contributed by atoms with Gasteiger partial charge in [0.2, 0.25) is 5.82 Å². The summed E-state index contributed by atoms with van der Waals surface area (Å²) in [5.41, 5.74) is 7.98. The van der Waals surface area contributed by atoms with E-state index in [1.807, 2.05) is 0 Å². The topological polar surface area (TPSA) is 57.7 Å². The van der Waals surface area contributed by atoms with Crippen molar-refractivity contribution in [1.29, 1.82) is 0 Å². The van der Waals surface area contributed by atoms with Crippen LogP contribution in [0.15, 0.2) is 54.7 Å². The Kier molecular flexibility index (Phi) is 7.84. The molecule has 0 saturated heterocycles. The first kappa shape index (κ1) is 24.7. The highest BCUT2D eigenvalue weighted by molar-refractivity contribution is 5.64. The van der Waals surface area contributed by atoms with Gasteiger partial charge in [-0.05, 0) is 104 Å². The van der Waals surface area contributed by atoms with E-state index < -0.39 is 0 Å². The second-order valence-corrected chi connectivity index (χ2v) is 11.0.